The molecule has 0 radical (unpaired) electrons. The van der Waals surface area contributed by atoms with Crippen LogP contribution in [0.4, 0.5) is 0 Å². The number of methoxy groups -OCH3 is 2. The molecule has 2 fully saturated rings. The Balaban J connectivity index is 1.50. The zero-order chi connectivity index (χ0) is 18.8. The lowest BCUT2D eigenvalue weighted by Gasteiger charge is -2.39. The van der Waals surface area contributed by atoms with E-state index in [1.165, 1.54) is 0 Å². The number of benzene rings is 1. The Morgan fingerprint density at radius 1 is 0.963 bits per heavy atom. The first-order chi connectivity index (χ1) is 13.2. The van der Waals surface area contributed by atoms with Crippen LogP contribution in [-0.4, -0.2) is 48.2 Å². The number of fused-ring (bicyclic) bond motifs is 2. The van der Waals surface area contributed by atoms with E-state index in [0.717, 1.165) is 31.4 Å². The van der Waals surface area contributed by atoms with Crippen molar-refractivity contribution in [2.75, 3.05) is 14.2 Å². The van der Waals surface area contributed by atoms with Crippen molar-refractivity contribution in [2.45, 2.75) is 43.9 Å². The van der Waals surface area contributed by atoms with Crippen molar-refractivity contribution in [2.24, 2.45) is 0 Å². The Morgan fingerprint density at radius 3 is 2.11 bits per heavy atom. The maximum atomic E-state index is 13.2. The van der Waals surface area contributed by atoms with E-state index in [0.29, 0.717) is 17.1 Å². The van der Waals surface area contributed by atoms with E-state index in [1.54, 1.807) is 44.8 Å². The van der Waals surface area contributed by atoms with Gasteiger partial charge in [-0.05, 0) is 37.1 Å². The molecular weight excluding hydrogens is 344 g/mol. The third-order valence-corrected chi connectivity index (χ3v) is 5.48. The number of piperidine rings is 1. The quantitative estimate of drug-likeness (QED) is 0.810. The second-order valence-corrected chi connectivity index (χ2v) is 7.09. The van der Waals surface area contributed by atoms with Crippen molar-refractivity contribution in [1.82, 2.24) is 9.88 Å². The third kappa shape index (κ3) is 3.56. The number of carbonyl (C=O) groups excluding carboxylic acids is 1. The van der Waals surface area contributed by atoms with Gasteiger partial charge in [-0.3, -0.25) is 9.78 Å². The average molecular weight is 368 g/mol. The number of pyridine rings is 1. The SMILES string of the molecule is COc1cc(OC)cc(C(=O)N2C3CCC2CC(Oc2ccncc2)C3)c1. The Hall–Kier alpha value is -2.76. The molecule has 1 aromatic heterocycles. The number of aromatic nitrogens is 1. The number of hydrogen-bond donors (Lipinski definition) is 0. The van der Waals surface area contributed by atoms with Crippen LogP contribution >= 0.6 is 0 Å². The molecule has 142 valence electrons. The number of rotatable bonds is 5. The Bertz CT molecular complexity index is 775. The summed E-state index contributed by atoms with van der Waals surface area (Å²) in [6, 6.07) is 9.51. The zero-order valence-electron chi connectivity index (χ0n) is 15.6. The molecule has 0 N–H and O–H groups in total. The molecule has 2 saturated heterocycles. The minimum absolute atomic E-state index is 0.0436. The van der Waals surface area contributed by atoms with E-state index in [2.05, 4.69) is 4.98 Å². The van der Waals surface area contributed by atoms with E-state index < -0.39 is 0 Å². The lowest BCUT2D eigenvalue weighted by molar-refractivity contribution is 0.0358. The normalized spacial score (nSPS) is 23.8. The molecule has 0 aliphatic carbocycles. The highest BCUT2D eigenvalue weighted by molar-refractivity contribution is 5.95. The fraction of sp³-hybridized carbons (Fsp3) is 0.429. The lowest BCUT2D eigenvalue weighted by atomic mass is 9.98. The van der Waals surface area contributed by atoms with Crippen LogP contribution in [-0.2, 0) is 0 Å². The molecule has 6 nitrogen and oxygen atoms in total. The highest BCUT2D eigenvalue weighted by atomic mass is 16.5. The maximum Gasteiger partial charge on any atom is 0.254 e. The van der Waals surface area contributed by atoms with Crippen LogP contribution in [0.3, 0.4) is 0 Å². The third-order valence-electron chi connectivity index (χ3n) is 5.48. The first-order valence-corrected chi connectivity index (χ1v) is 9.30. The van der Waals surface area contributed by atoms with E-state index in [4.69, 9.17) is 14.2 Å². The van der Waals surface area contributed by atoms with Gasteiger partial charge in [-0.25, -0.2) is 0 Å². The number of hydrogen-bond acceptors (Lipinski definition) is 5. The number of nitrogens with zero attached hydrogens (tertiary/aromatic N) is 2. The summed E-state index contributed by atoms with van der Waals surface area (Å²) in [5, 5.41) is 0. The minimum Gasteiger partial charge on any atom is -0.497 e. The summed E-state index contributed by atoms with van der Waals surface area (Å²) in [6.45, 7) is 0. The Morgan fingerprint density at radius 2 is 1.56 bits per heavy atom. The van der Waals surface area contributed by atoms with E-state index in [9.17, 15) is 4.79 Å². The molecule has 3 heterocycles. The van der Waals surface area contributed by atoms with Gasteiger partial charge in [-0.2, -0.15) is 0 Å². The van der Waals surface area contributed by atoms with Crippen LogP contribution < -0.4 is 14.2 Å². The molecule has 2 aliphatic heterocycles. The van der Waals surface area contributed by atoms with Gasteiger partial charge in [-0.1, -0.05) is 0 Å². The van der Waals surface area contributed by atoms with E-state index >= 15 is 0 Å². The molecule has 2 unspecified atom stereocenters. The molecule has 1 aromatic carbocycles. The van der Waals surface area contributed by atoms with Gasteiger partial charge in [0.1, 0.15) is 23.4 Å². The predicted molar refractivity (Wildman–Crippen MR) is 100 cm³/mol. The van der Waals surface area contributed by atoms with Crippen molar-refractivity contribution < 1.29 is 19.0 Å². The van der Waals surface area contributed by atoms with Gasteiger partial charge in [0.2, 0.25) is 0 Å². The molecule has 0 saturated carbocycles. The summed E-state index contributed by atoms with van der Waals surface area (Å²) >= 11 is 0. The van der Waals surface area contributed by atoms with Crippen LogP contribution in [0.25, 0.3) is 0 Å². The highest BCUT2D eigenvalue weighted by Crippen LogP contribution is 2.38. The summed E-state index contributed by atoms with van der Waals surface area (Å²) in [5.74, 6) is 2.13. The van der Waals surface area contributed by atoms with Crippen molar-refractivity contribution in [3.8, 4) is 17.2 Å². The Labute approximate surface area is 159 Å². The van der Waals surface area contributed by atoms with Crippen molar-refractivity contribution >= 4 is 5.91 Å². The average Bonchev–Trinajstić information content (AvgIpc) is 2.98. The van der Waals surface area contributed by atoms with Crippen molar-refractivity contribution in [3.05, 3.63) is 48.3 Å². The second-order valence-electron chi connectivity index (χ2n) is 7.09. The van der Waals surface area contributed by atoms with Crippen molar-refractivity contribution in [1.29, 1.82) is 0 Å². The summed E-state index contributed by atoms with van der Waals surface area (Å²) in [4.78, 5) is 19.3. The molecular formula is C21H24N2O4. The largest absolute Gasteiger partial charge is 0.497 e. The van der Waals surface area contributed by atoms with Crippen LogP contribution in [0.1, 0.15) is 36.0 Å². The monoisotopic (exact) mass is 368 g/mol. The topological polar surface area (TPSA) is 60.9 Å². The summed E-state index contributed by atoms with van der Waals surface area (Å²) in [7, 11) is 3.18. The first kappa shape index (κ1) is 17.6. The van der Waals surface area contributed by atoms with Crippen LogP contribution in [0.15, 0.2) is 42.7 Å². The molecule has 2 bridgehead atoms. The standard InChI is InChI=1S/C21H24N2O4/c1-25-18-9-14(10-19(13-18)26-2)21(24)23-15-3-4-16(23)12-20(11-15)27-17-5-7-22-8-6-17/h5-10,13,15-16,20H,3-4,11-12H2,1-2H3. The van der Waals surface area contributed by atoms with Crippen LogP contribution in [0.2, 0.25) is 0 Å². The number of carbonyl (C=O) groups is 1. The van der Waals surface area contributed by atoms with Gasteiger partial charge in [0, 0.05) is 48.9 Å². The molecule has 0 spiro atoms. The number of amides is 1. The summed E-state index contributed by atoms with van der Waals surface area (Å²) in [5.41, 5.74) is 0.608. The summed E-state index contributed by atoms with van der Waals surface area (Å²) in [6.07, 6.45) is 7.35. The second kappa shape index (κ2) is 7.47. The molecule has 6 heteroatoms. The van der Waals surface area contributed by atoms with Crippen LogP contribution in [0, 0.1) is 0 Å². The fourth-order valence-electron chi connectivity index (χ4n) is 4.24. The van der Waals surface area contributed by atoms with Gasteiger partial charge in [0.25, 0.3) is 5.91 Å². The Kier molecular flexibility index (Phi) is 4.88. The lowest BCUT2D eigenvalue weighted by Crippen LogP contribution is -2.49. The molecule has 27 heavy (non-hydrogen) atoms. The minimum atomic E-state index is 0.0436. The maximum absolute atomic E-state index is 13.2. The molecule has 1 amide bonds. The molecule has 2 aliphatic rings. The van der Waals surface area contributed by atoms with Crippen molar-refractivity contribution in [3.63, 3.8) is 0 Å². The van der Waals surface area contributed by atoms with Gasteiger partial charge in [0.15, 0.2) is 0 Å². The van der Waals surface area contributed by atoms with E-state index in [-0.39, 0.29) is 24.1 Å². The molecule has 2 atom stereocenters. The van der Waals surface area contributed by atoms with E-state index in [1.807, 2.05) is 17.0 Å². The summed E-state index contributed by atoms with van der Waals surface area (Å²) < 4.78 is 16.7. The predicted octanol–water partition coefficient (Wildman–Crippen LogP) is 3.31. The van der Waals surface area contributed by atoms with Gasteiger partial charge in [-0.15, -0.1) is 0 Å². The zero-order valence-corrected chi connectivity index (χ0v) is 15.6. The van der Waals surface area contributed by atoms with Gasteiger partial charge in [0.05, 0.1) is 14.2 Å². The van der Waals surface area contributed by atoms with Gasteiger partial charge < -0.3 is 19.1 Å². The molecule has 2 aromatic rings. The first-order valence-electron chi connectivity index (χ1n) is 9.30. The molecule has 4 rings (SSSR count). The highest BCUT2D eigenvalue weighted by Gasteiger charge is 2.44. The van der Waals surface area contributed by atoms with Gasteiger partial charge >= 0.3 is 0 Å². The fourth-order valence-corrected chi connectivity index (χ4v) is 4.24. The number of ether oxygens (including phenoxy) is 3. The van der Waals surface area contributed by atoms with Crippen LogP contribution in [0.5, 0.6) is 17.2 Å². The smallest absolute Gasteiger partial charge is 0.254 e.